The number of unbranched alkanes of at least 4 members (excludes halogenated alkanes) is 1. The predicted octanol–water partition coefficient (Wildman–Crippen LogP) is 3.14. The van der Waals surface area contributed by atoms with Crippen LogP contribution in [0.3, 0.4) is 0 Å². The second-order valence-corrected chi connectivity index (χ2v) is 5.31. The van der Waals surface area contributed by atoms with Gasteiger partial charge in [-0.3, -0.25) is 9.79 Å². The van der Waals surface area contributed by atoms with Gasteiger partial charge in [-0.15, -0.1) is 24.0 Å². The number of benzene rings is 1. The zero-order valence-electron chi connectivity index (χ0n) is 14.7. The number of carbonyl (C=O) groups excluding carboxylic acids is 1. The maximum atomic E-state index is 11.0. The lowest BCUT2D eigenvalue weighted by molar-refractivity contribution is -0.140. The molecule has 0 saturated heterocycles. The summed E-state index contributed by atoms with van der Waals surface area (Å²) in [5, 5.41) is 6.54. The summed E-state index contributed by atoms with van der Waals surface area (Å²) < 4.78 is 4.62. The minimum Gasteiger partial charge on any atom is -0.469 e. The first-order valence-corrected chi connectivity index (χ1v) is 8.39. The van der Waals surface area contributed by atoms with E-state index in [1.165, 1.54) is 12.7 Å². The lowest BCUT2D eigenvalue weighted by atomic mass is 10.1. The summed E-state index contributed by atoms with van der Waals surface area (Å²) >= 11 is 0. The van der Waals surface area contributed by atoms with Gasteiger partial charge in [0.25, 0.3) is 0 Å². The van der Waals surface area contributed by atoms with Crippen molar-refractivity contribution >= 4 is 35.9 Å². The van der Waals surface area contributed by atoms with E-state index in [4.69, 9.17) is 0 Å². The summed E-state index contributed by atoms with van der Waals surface area (Å²) in [4.78, 5) is 15.6. The summed E-state index contributed by atoms with van der Waals surface area (Å²) in [6, 6.07) is 10.5. The first-order valence-electron chi connectivity index (χ1n) is 8.39. The van der Waals surface area contributed by atoms with E-state index in [0.29, 0.717) is 6.42 Å². The van der Waals surface area contributed by atoms with Crippen molar-refractivity contribution in [3.63, 3.8) is 0 Å². The quantitative estimate of drug-likeness (QED) is 0.190. The average Bonchev–Trinajstić information content (AvgIpc) is 2.58. The van der Waals surface area contributed by atoms with Gasteiger partial charge in [0.1, 0.15) is 0 Å². The van der Waals surface area contributed by atoms with Crippen LogP contribution in [0.5, 0.6) is 0 Å². The molecular weight excluding hydrogens is 417 g/mol. The number of nitrogens with zero attached hydrogens (tertiary/aromatic N) is 1. The molecule has 1 aromatic rings. The molecule has 6 heteroatoms. The summed E-state index contributed by atoms with van der Waals surface area (Å²) in [5.74, 6) is 0.699. The Balaban J connectivity index is 0.00000529. The highest BCUT2D eigenvalue weighted by Crippen LogP contribution is 2.02. The van der Waals surface area contributed by atoms with Crippen molar-refractivity contribution in [1.82, 2.24) is 10.6 Å². The van der Waals surface area contributed by atoms with Crippen LogP contribution in [0, 0.1) is 0 Å². The standard InChI is InChI=1S/C18H29N3O2.HI/c1-3-19-18(20-14-8-7-13-17(22)23-2)21-15-9-12-16-10-5-4-6-11-16;/h4-6,10-11H,3,7-9,12-15H2,1-2H3,(H2,19,20,21);1H. The van der Waals surface area contributed by atoms with Crippen LogP contribution in [-0.4, -0.2) is 38.7 Å². The fourth-order valence-electron chi connectivity index (χ4n) is 2.16. The molecule has 0 aromatic heterocycles. The van der Waals surface area contributed by atoms with E-state index in [1.54, 1.807) is 0 Å². The van der Waals surface area contributed by atoms with E-state index in [-0.39, 0.29) is 29.9 Å². The van der Waals surface area contributed by atoms with Crippen LogP contribution >= 0.6 is 24.0 Å². The average molecular weight is 447 g/mol. The van der Waals surface area contributed by atoms with Gasteiger partial charge in [-0.25, -0.2) is 0 Å². The SMILES string of the molecule is CCNC(=NCCCc1ccccc1)NCCCCC(=O)OC.I. The third-order valence-corrected chi connectivity index (χ3v) is 3.41. The van der Waals surface area contributed by atoms with Crippen molar-refractivity contribution in [2.45, 2.75) is 39.0 Å². The summed E-state index contributed by atoms with van der Waals surface area (Å²) in [5.41, 5.74) is 1.35. The van der Waals surface area contributed by atoms with Crippen LogP contribution in [-0.2, 0) is 16.0 Å². The van der Waals surface area contributed by atoms with E-state index in [9.17, 15) is 4.79 Å². The number of carbonyl (C=O) groups is 1. The predicted molar refractivity (Wildman–Crippen MR) is 110 cm³/mol. The summed E-state index contributed by atoms with van der Waals surface area (Å²) in [6.45, 7) is 4.50. The Hall–Kier alpha value is -1.31. The molecule has 0 atom stereocenters. The van der Waals surface area contributed by atoms with Crippen molar-refractivity contribution in [3.05, 3.63) is 35.9 Å². The molecule has 24 heavy (non-hydrogen) atoms. The highest BCUT2D eigenvalue weighted by atomic mass is 127. The Labute approximate surface area is 162 Å². The van der Waals surface area contributed by atoms with Gasteiger partial charge in [-0.1, -0.05) is 30.3 Å². The normalized spacial score (nSPS) is 10.7. The molecule has 0 radical (unpaired) electrons. The number of rotatable bonds is 10. The second kappa shape index (κ2) is 15.2. The van der Waals surface area contributed by atoms with Crippen LogP contribution in [0.1, 0.15) is 38.2 Å². The van der Waals surface area contributed by atoms with Crippen molar-refractivity contribution < 1.29 is 9.53 Å². The molecular formula is C18H30IN3O2. The van der Waals surface area contributed by atoms with Crippen molar-refractivity contribution in [1.29, 1.82) is 0 Å². The number of halogens is 1. The third kappa shape index (κ3) is 11.3. The molecule has 1 aromatic carbocycles. The molecule has 5 nitrogen and oxygen atoms in total. The fourth-order valence-corrected chi connectivity index (χ4v) is 2.16. The number of nitrogens with one attached hydrogen (secondary N) is 2. The molecule has 0 heterocycles. The number of methoxy groups -OCH3 is 1. The first-order chi connectivity index (χ1) is 11.3. The molecule has 0 aliphatic carbocycles. The molecule has 1 rings (SSSR count). The Morgan fingerprint density at radius 1 is 1.12 bits per heavy atom. The number of hydrogen-bond donors (Lipinski definition) is 2. The topological polar surface area (TPSA) is 62.7 Å². The fraction of sp³-hybridized carbons (Fsp3) is 0.556. The smallest absolute Gasteiger partial charge is 0.305 e. The number of guanidine groups is 1. The van der Waals surface area contributed by atoms with E-state index in [2.05, 4.69) is 51.6 Å². The Bertz CT molecular complexity index is 467. The zero-order valence-corrected chi connectivity index (χ0v) is 17.0. The second-order valence-electron chi connectivity index (χ2n) is 5.31. The van der Waals surface area contributed by atoms with Crippen LogP contribution < -0.4 is 10.6 Å². The Morgan fingerprint density at radius 2 is 1.88 bits per heavy atom. The van der Waals surface area contributed by atoms with E-state index in [0.717, 1.165) is 51.3 Å². The molecule has 0 saturated carbocycles. The monoisotopic (exact) mass is 447 g/mol. The number of esters is 1. The van der Waals surface area contributed by atoms with Gasteiger partial charge in [-0.2, -0.15) is 0 Å². The van der Waals surface area contributed by atoms with Gasteiger partial charge in [0.2, 0.25) is 0 Å². The molecule has 0 amide bonds. The molecule has 136 valence electrons. The van der Waals surface area contributed by atoms with E-state index >= 15 is 0 Å². The maximum absolute atomic E-state index is 11.0. The van der Waals surface area contributed by atoms with Crippen molar-refractivity contribution in [3.8, 4) is 0 Å². The van der Waals surface area contributed by atoms with Gasteiger partial charge in [-0.05, 0) is 38.2 Å². The van der Waals surface area contributed by atoms with Crippen molar-refractivity contribution in [2.24, 2.45) is 4.99 Å². The van der Waals surface area contributed by atoms with Gasteiger partial charge < -0.3 is 15.4 Å². The minimum absolute atomic E-state index is 0. The molecule has 0 fully saturated rings. The lowest BCUT2D eigenvalue weighted by Crippen LogP contribution is -2.37. The molecule has 2 N–H and O–H groups in total. The van der Waals surface area contributed by atoms with Crippen LogP contribution in [0.25, 0.3) is 0 Å². The van der Waals surface area contributed by atoms with Crippen LogP contribution in [0.4, 0.5) is 0 Å². The van der Waals surface area contributed by atoms with Gasteiger partial charge in [0, 0.05) is 26.1 Å². The highest BCUT2D eigenvalue weighted by molar-refractivity contribution is 14.0. The van der Waals surface area contributed by atoms with Crippen LogP contribution in [0.2, 0.25) is 0 Å². The van der Waals surface area contributed by atoms with Gasteiger partial charge >= 0.3 is 5.97 Å². The van der Waals surface area contributed by atoms with Crippen molar-refractivity contribution in [2.75, 3.05) is 26.7 Å². The molecule has 0 spiro atoms. The first kappa shape index (κ1) is 22.7. The summed E-state index contributed by atoms with van der Waals surface area (Å²) in [6.07, 6.45) is 4.30. The maximum Gasteiger partial charge on any atom is 0.305 e. The largest absolute Gasteiger partial charge is 0.469 e. The number of aryl methyl sites for hydroxylation is 1. The number of aliphatic imine (C=N–C) groups is 1. The van der Waals surface area contributed by atoms with E-state index < -0.39 is 0 Å². The lowest BCUT2D eigenvalue weighted by Gasteiger charge is -2.11. The summed E-state index contributed by atoms with van der Waals surface area (Å²) in [7, 11) is 1.42. The van der Waals surface area contributed by atoms with E-state index in [1.807, 2.05) is 6.07 Å². The highest BCUT2D eigenvalue weighted by Gasteiger charge is 2.00. The minimum atomic E-state index is -0.147. The Kier molecular flexibility index (Phi) is 14.4. The molecule has 0 aliphatic rings. The van der Waals surface area contributed by atoms with Gasteiger partial charge in [0.15, 0.2) is 5.96 Å². The molecule has 0 aliphatic heterocycles. The van der Waals surface area contributed by atoms with Gasteiger partial charge in [0.05, 0.1) is 7.11 Å². The molecule has 0 bridgehead atoms. The third-order valence-electron chi connectivity index (χ3n) is 3.41. The number of hydrogen-bond acceptors (Lipinski definition) is 3. The van der Waals surface area contributed by atoms with Crippen LogP contribution in [0.15, 0.2) is 35.3 Å². The number of ether oxygens (including phenoxy) is 1. The molecule has 0 unspecified atom stereocenters. The zero-order chi connectivity index (χ0) is 16.8. The Morgan fingerprint density at radius 3 is 2.54 bits per heavy atom.